The topological polar surface area (TPSA) is 125 Å². The van der Waals surface area contributed by atoms with E-state index in [2.05, 4.69) is 5.32 Å². The largest absolute Gasteiger partial charge is 0.364 e. The number of carbonyl (C=O) groups excluding carboxylic acids is 1. The average Bonchev–Trinajstić information content (AvgIpc) is 2.91. The summed E-state index contributed by atoms with van der Waals surface area (Å²) in [5.41, 5.74) is 7.46. The fraction of sp³-hybridized carbons (Fsp3) is 0.500. The Labute approximate surface area is 130 Å². The Morgan fingerprint density at radius 2 is 2.05 bits per heavy atom. The zero-order valence-corrected chi connectivity index (χ0v) is 13.4. The summed E-state index contributed by atoms with van der Waals surface area (Å²) in [7, 11) is -3.83. The second-order valence-corrected chi connectivity index (χ2v) is 7.07. The average molecular weight is 327 g/mol. The lowest BCUT2D eigenvalue weighted by molar-refractivity contribution is -0.126. The zero-order chi connectivity index (χ0) is 16.5. The molecule has 0 aromatic heterocycles. The van der Waals surface area contributed by atoms with Crippen LogP contribution >= 0.6 is 0 Å². The van der Waals surface area contributed by atoms with Gasteiger partial charge in [-0.05, 0) is 49.9 Å². The molecule has 0 bridgehead atoms. The number of hydrogen-bond donors (Lipinski definition) is 3. The maximum absolute atomic E-state index is 12.2. The van der Waals surface area contributed by atoms with Crippen molar-refractivity contribution in [1.29, 1.82) is 0 Å². The predicted molar refractivity (Wildman–Crippen MR) is 82.9 cm³/mol. The highest BCUT2D eigenvalue weighted by molar-refractivity contribution is 7.89. The first-order valence-electron chi connectivity index (χ1n) is 7.03. The van der Waals surface area contributed by atoms with E-state index in [1.165, 1.54) is 12.1 Å². The number of hydrogen-bond acceptors (Lipinski definition) is 5. The molecule has 5 N–H and O–H groups in total. The van der Waals surface area contributed by atoms with Crippen molar-refractivity contribution in [2.75, 3.05) is 11.9 Å². The fourth-order valence-electron chi connectivity index (χ4n) is 2.41. The quantitative estimate of drug-likeness (QED) is 0.738. The Kier molecular flexibility index (Phi) is 4.86. The van der Waals surface area contributed by atoms with Gasteiger partial charge in [-0.2, -0.15) is 0 Å². The zero-order valence-electron chi connectivity index (χ0n) is 12.6. The van der Waals surface area contributed by atoms with Crippen molar-refractivity contribution in [3.8, 4) is 0 Å². The highest BCUT2D eigenvalue weighted by atomic mass is 32.2. The lowest BCUT2D eigenvalue weighted by atomic mass is 10.1. The summed E-state index contributed by atoms with van der Waals surface area (Å²) in [6, 6.07) is 2.85. The summed E-state index contributed by atoms with van der Waals surface area (Å²) >= 11 is 0. The van der Waals surface area contributed by atoms with Crippen molar-refractivity contribution in [1.82, 2.24) is 0 Å². The number of ether oxygens (including phenoxy) is 1. The van der Waals surface area contributed by atoms with Crippen LogP contribution in [-0.2, 0) is 19.6 Å². The molecule has 0 unspecified atom stereocenters. The molecule has 8 heteroatoms. The minimum absolute atomic E-state index is 0.0296. The summed E-state index contributed by atoms with van der Waals surface area (Å²) in [4.78, 5) is 12.2. The van der Waals surface area contributed by atoms with Gasteiger partial charge in [-0.25, -0.2) is 13.6 Å². The first kappa shape index (κ1) is 16.9. The van der Waals surface area contributed by atoms with E-state index in [9.17, 15) is 13.2 Å². The fourth-order valence-corrected chi connectivity index (χ4v) is 3.03. The molecule has 1 aromatic carbocycles. The molecule has 122 valence electrons. The normalized spacial score (nSPS) is 21.8. The van der Waals surface area contributed by atoms with Crippen LogP contribution in [0.4, 0.5) is 5.69 Å². The minimum Gasteiger partial charge on any atom is -0.364 e. The molecule has 1 heterocycles. The molecule has 2 rings (SSSR count). The molecule has 22 heavy (non-hydrogen) atoms. The summed E-state index contributed by atoms with van der Waals surface area (Å²) in [6.07, 6.45) is 0.672. The van der Waals surface area contributed by atoms with Gasteiger partial charge in [0.15, 0.2) is 0 Å². The van der Waals surface area contributed by atoms with Gasteiger partial charge in [0.1, 0.15) is 6.10 Å². The summed E-state index contributed by atoms with van der Waals surface area (Å²) < 4.78 is 28.5. The number of sulfonamides is 1. The van der Waals surface area contributed by atoms with Crippen LogP contribution in [0.5, 0.6) is 0 Å². The first-order valence-corrected chi connectivity index (χ1v) is 8.57. The van der Waals surface area contributed by atoms with Gasteiger partial charge in [0.25, 0.3) is 5.91 Å². The van der Waals surface area contributed by atoms with E-state index in [-0.39, 0.29) is 16.9 Å². The maximum Gasteiger partial charge on any atom is 0.253 e. The lowest BCUT2D eigenvalue weighted by Crippen LogP contribution is -2.30. The number of amides is 1. The van der Waals surface area contributed by atoms with E-state index in [0.29, 0.717) is 18.7 Å². The first-order chi connectivity index (χ1) is 10.2. The van der Waals surface area contributed by atoms with Crippen molar-refractivity contribution in [3.63, 3.8) is 0 Å². The van der Waals surface area contributed by atoms with Crippen molar-refractivity contribution in [2.24, 2.45) is 10.9 Å². The molecule has 1 aromatic rings. The van der Waals surface area contributed by atoms with Crippen LogP contribution in [-0.4, -0.2) is 33.1 Å². The Balaban J connectivity index is 2.22. The number of carbonyl (C=O) groups is 1. The molecule has 1 aliphatic rings. The monoisotopic (exact) mass is 327 g/mol. The van der Waals surface area contributed by atoms with E-state index in [1.807, 2.05) is 0 Å². The SMILES string of the molecule is Cc1cc(S(N)(=O)=O)cc(NC(=O)[C@@H]2CC[C@H](CN)O2)c1C. The van der Waals surface area contributed by atoms with Crippen LogP contribution in [0.3, 0.4) is 0 Å². The lowest BCUT2D eigenvalue weighted by Gasteiger charge is -2.16. The van der Waals surface area contributed by atoms with E-state index in [4.69, 9.17) is 15.6 Å². The number of primary sulfonamides is 1. The van der Waals surface area contributed by atoms with E-state index >= 15 is 0 Å². The number of rotatable bonds is 4. The molecule has 1 saturated heterocycles. The molecule has 0 spiro atoms. The number of benzene rings is 1. The molecular formula is C14H21N3O4S. The molecular weight excluding hydrogens is 306 g/mol. The number of anilines is 1. The van der Waals surface area contributed by atoms with Gasteiger partial charge >= 0.3 is 0 Å². The third-order valence-corrected chi connectivity index (χ3v) is 4.78. The molecule has 7 nitrogen and oxygen atoms in total. The number of nitrogens with one attached hydrogen (secondary N) is 1. The van der Waals surface area contributed by atoms with Gasteiger partial charge < -0.3 is 15.8 Å². The van der Waals surface area contributed by atoms with Crippen LogP contribution in [0, 0.1) is 13.8 Å². The second-order valence-electron chi connectivity index (χ2n) is 5.51. The van der Waals surface area contributed by atoms with Crippen LogP contribution < -0.4 is 16.2 Å². The van der Waals surface area contributed by atoms with E-state index in [1.54, 1.807) is 13.8 Å². The van der Waals surface area contributed by atoms with Gasteiger partial charge in [0.2, 0.25) is 10.0 Å². The van der Waals surface area contributed by atoms with Gasteiger partial charge in [-0.1, -0.05) is 0 Å². The number of aryl methyl sites for hydroxylation is 1. The highest BCUT2D eigenvalue weighted by Gasteiger charge is 2.30. The van der Waals surface area contributed by atoms with E-state index < -0.39 is 16.1 Å². The van der Waals surface area contributed by atoms with Crippen LogP contribution in [0.2, 0.25) is 0 Å². The van der Waals surface area contributed by atoms with E-state index in [0.717, 1.165) is 17.5 Å². The molecule has 1 amide bonds. The van der Waals surface area contributed by atoms with Crippen LogP contribution in [0.15, 0.2) is 17.0 Å². The smallest absolute Gasteiger partial charge is 0.253 e. The molecule has 2 atom stereocenters. The predicted octanol–water partition coefficient (Wildman–Crippen LogP) is 0.396. The Morgan fingerprint density at radius 1 is 1.36 bits per heavy atom. The Morgan fingerprint density at radius 3 is 2.59 bits per heavy atom. The molecule has 0 saturated carbocycles. The van der Waals surface area contributed by atoms with Crippen molar-refractivity contribution < 1.29 is 17.9 Å². The molecule has 1 fully saturated rings. The third kappa shape index (κ3) is 3.64. The summed E-state index contributed by atoms with van der Waals surface area (Å²) in [5.74, 6) is -0.301. The molecule has 0 aliphatic carbocycles. The second kappa shape index (κ2) is 6.33. The Hall–Kier alpha value is -1.48. The minimum atomic E-state index is -3.83. The van der Waals surface area contributed by atoms with Gasteiger partial charge in [0.05, 0.1) is 11.0 Å². The highest BCUT2D eigenvalue weighted by Crippen LogP contribution is 2.25. The Bertz CT molecular complexity index is 688. The molecule has 0 radical (unpaired) electrons. The number of nitrogens with two attached hydrogens (primary N) is 2. The van der Waals surface area contributed by atoms with Crippen molar-refractivity contribution in [3.05, 3.63) is 23.3 Å². The third-order valence-electron chi connectivity index (χ3n) is 3.89. The standard InChI is InChI=1S/C14H21N3O4S/c1-8-5-11(22(16,19)20)6-12(9(8)2)17-14(18)13-4-3-10(7-15)21-13/h5-6,10,13H,3-4,7,15H2,1-2H3,(H,17,18)(H2,16,19,20)/t10-,13+/m1/s1. The van der Waals surface area contributed by atoms with Crippen molar-refractivity contribution >= 4 is 21.6 Å². The van der Waals surface area contributed by atoms with Crippen LogP contribution in [0.25, 0.3) is 0 Å². The summed E-state index contributed by atoms with van der Waals surface area (Å²) in [5, 5.41) is 7.88. The van der Waals surface area contributed by atoms with Crippen molar-refractivity contribution in [2.45, 2.75) is 43.8 Å². The van der Waals surface area contributed by atoms with Crippen LogP contribution in [0.1, 0.15) is 24.0 Å². The van der Waals surface area contributed by atoms with Gasteiger partial charge in [0, 0.05) is 12.2 Å². The summed E-state index contributed by atoms with van der Waals surface area (Å²) in [6.45, 7) is 3.94. The maximum atomic E-state index is 12.2. The van der Waals surface area contributed by atoms with Gasteiger partial charge in [-0.15, -0.1) is 0 Å². The molecule has 1 aliphatic heterocycles. The van der Waals surface area contributed by atoms with Gasteiger partial charge in [-0.3, -0.25) is 4.79 Å².